The molecule has 0 fully saturated rings. The van der Waals surface area contributed by atoms with Crippen molar-refractivity contribution < 1.29 is 5.11 Å². The number of phenolic OH excluding ortho intramolecular Hbond substituents is 1. The fourth-order valence-electron chi connectivity index (χ4n) is 3.42. The van der Waals surface area contributed by atoms with Crippen LogP contribution in [-0.4, -0.2) is 5.11 Å². The van der Waals surface area contributed by atoms with E-state index in [0.29, 0.717) is 5.75 Å². The Morgan fingerprint density at radius 1 is 0.917 bits per heavy atom. The molecule has 0 radical (unpaired) electrons. The van der Waals surface area contributed by atoms with E-state index in [0.717, 1.165) is 35.1 Å². The number of phenols is 1. The van der Waals surface area contributed by atoms with Gasteiger partial charge in [0.25, 0.3) is 0 Å². The molecule has 1 nitrogen and oxygen atoms in total. The van der Waals surface area contributed by atoms with E-state index in [1.54, 1.807) is 0 Å². The van der Waals surface area contributed by atoms with Crippen molar-refractivity contribution in [2.45, 2.75) is 97.8 Å². The zero-order valence-electron chi connectivity index (χ0n) is 17.1. The van der Waals surface area contributed by atoms with Crippen molar-refractivity contribution in [3.63, 3.8) is 0 Å². The number of hydrogen-bond donors (Lipinski definition) is 1. The van der Waals surface area contributed by atoms with Crippen LogP contribution in [0.25, 0.3) is 5.57 Å². The minimum absolute atomic E-state index is 0.0266. The Bertz CT molecular complexity index is 522. The summed E-state index contributed by atoms with van der Waals surface area (Å²) in [5.41, 5.74) is 4.33. The minimum Gasteiger partial charge on any atom is -0.507 e. The number of unbranched alkanes of at least 4 members (excludes halogenated alkanes) is 2. The Balaban J connectivity index is 3.48. The molecule has 0 bridgehead atoms. The van der Waals surface area contributed by atoms with Crippen LogP contribution in [0.3, 0.4) is 0 Å². The highest BCUT2D eigenvalue weighted by atomic mass is 16.3. The average molecular weight is 331 g/mol. The molecule has 0 atom stereocenters. The molecule has 1 aromatic carbocycles. The maximum absolute atomic E-state index is 11.1. The van der Waals surface area contributed by atoms with Gasteiger partial charge in [0.2, 0.25) is 0 Å². The summed E-state index contributed by atoms with van der Waals surface area (Å²) in [7, 11) is 0. The molecule has 0 aliphatic carbocycles. The zero-order chi connectivity index (χ0) is 18.5. The second-order valence-electron chi connectivity index (χ2n) is 8.68. The topological polar surface area (TPSA) is 20.2 Å². The predicted molar refractivity (Wildman–Crippen MR) is 108 cm³/mol. The fraction of sp³-hybridized carbons (Fsp3) is 0.652. The average Bonchev–Trinajstić information content (AvgIpc) is 2.50. The fourth-order valence-corrected chi connectivity index (χ4v) is 3.42. The van der Waals surface area contributed by atoms with Crippen molar-refractivity contribution in [1.29, 1.82) is 0 Å². The van der Waals surface area contributed by atoms with Crippen molar-refractivity contribution in [2.24, 2.45) is 0 Å². The second-order valence-corrected chi connectivity index (χ2v) is 8.68. The first-order valence-electron chi connectivity index (χ1n) is 9.60. The molecule has 0 heterocycles. The molecule has 0 amide bonds. The van der Waals surface area contributed by atoms with E-state index >= 15 is 0 Å². The van der Waals surface area contributed by atoms with Crippen molar-refractivity contribution in [3.8, 4) is 5.75 Å². The largest absolute Gasteiger partial charge is 0.507 e. The van der Waals surface area contributed by atoms with E-state index in [-0.39, 0.29) is 10.8 Å². The Labute approximate surface area is 150 Å². The van der Waals surface area contributed by atoms with Gasteiger partial charge in [-0.15, -0.1) is 0 Å². The van der Waals surface area contributed by atoms with Gasteiger partial charge < -0.3 is 5.11 Å². The lowest BCUT2D eigenvalue weighted by Crippen LogP contribution is -2.22. The highest BCUT2D eigenvalue weighted by molar-refractivity contribution is 5.66. The number of rotatable bonds is 9. The van der Waals surface area contributed by atoms with Gasteiger partial charge in [-0.2, -0.15) is 0 Å². The Morgan fingerprint density at radius 2 is 1.29 bits per heavy atom. The lowest BCUT2D eigenvalue weighted by atomic mass is 9.73. The smallest absolute Gasteiger partial charge is 0.123 e. The molecule has 0 aromatic heterocycles. The highest BCUT2D eigenvalue weighted by Gasteiger charge is 2.30. The number of aromatic hydroxyl groups is 1. The van der Waals surface area contributed by atoms with Crippen molar-refractivity contribution >= 4 is 5.57 Å². The van der Waals surface area contributed by atoms with Crippen LogP contribution in [0.1, 0.15) is 104 Å². The van der Waals surface area contributed by atoms with E-state index in [9.17, 15) is 5.11 Å². The summed E-state index contributed by atoms with van der Waals surface area (Å²) in [5.74, 6) is 0.502. The van der Waals surface area contributed by atoms with E-state index in [2.05, 4.69) is 67.2 Å². The van der Waals surface area contributed by atoms with Gasteiger partial charge in [-0.1, -0.05) is 79.4 Å². The maximum atomic E-state index is 11.1. The molecule has 0 aliphatic rings. The molecule has 0 aliphatic heterocycles. The maximum Gasteiger partial charge on any atom is 0.123 e. The van der Waals surface area contributed by atoms with Gasteiger partial charge in [-0.3, -0.25) is 0 Å². The van der Waals surface area contributed by atoms with E-state index in [1.165, 1.54) is 25.7 Å². The summed E-state index contributed by atoms with van der Waals surface area (Å²) in [5, 5.41) is 11.1. The minimum atomic E-state index is -0.0266. The molecule has 1 N–H and O–H groups in total. The molecule has 0 saturated heterocycles. The molecular formula is C23H38O. The molecule has 0 unspecified atom stereocenters. The third kappa shape index (κ3) is 4.88. The van der Waals surface area contributed by atoms with E-state index in [4.69, 9.17) is 0 Å². The summed E-state index contributed by atoms with van der Waals surface area (Å²) in [6.45, 7) is 19.7. The molecule has 24 heavy (non-hydrogen) atoms. The van der Waals surface area contributed by atoms with Crippen LogP contribution in [0.15, 0.2) is 18.7 Å². The van der Waals surface area contributed by atoms with Crippen LogP contribution in [0, 0.1) is 0 Å². The van der Waals surface area contributed by atoms with E-state index in [1.807, 2.05) is 0 Å². The van der Waals surface area contributed by atoms with Gasteiger partial charge in [-0.25, -0.2) is 0 Å². The number of allylic oxidation sites excluding steroid dienone is 1. The molecule has 1 heteroatoms. The SMILES string of the molecule is C=C(C)c1cc(C(C)(C)CCCC)c(O)c(C(C)(C)CCCC)c1. The van der Waals surface area contributed by atoms with Crippen LogP contribution in [-0.2, 0) is 10.8 Å². The Kier molecular flexibility index (Phi) is 7.13. The lowest BCUT2D eigenvalue weighted by Gasteiger charge is -2.32. The molecule has 1 rings (SSSR count). The van der Waals surface area contributed by atoms with Gasteiger partial charge >= 0.3 is 0 Å². The summed E-state index contributed by atoms with van der Waals surface area (Å²) >= 11 is 0. The van der Waals surface area contributed by atoms with Gasteiger partial charge in [0.15, 0.2) is 0 Å². The summed E-state index contributed by atoms with van der Waals surface area (Å²) in [6, 6.07) is 4.32. The molecule has 136 valence electrons. The molecule has 0 spiro atoms. The van der Waals surface area contributed by atoms with Gasteiger partial charge in [0.1, 0.15) is 5.75 Å². The lowest BCUT2D eigenvalue weighted by molar-refractivity contribution is 0.383. The Morgan fingerprint density at radius 3 is 1.58 bits per heavy atom. The standard InChI is InChI=1S/C23H38O/c1-9-11-13-22(5,6)19-15-18(17(3)4)16-20(21(19)24)23(7,8)14-12-10-2/h15-16,24H,3,9-14H2,1-2,4-8H3. The number of benzene rings is 1. The number of hydrogen-bond acceptors (Lipinski definition) is 1. The first-order chi connectivity index (χ1) is 11.1. The predicted octanol–water partition coefficient (Wildman–Crippen LogP) is 7.36. The monoisotopic (exact) mass is 330 g/mol. The zero-order valence-corrected chi connectivity index (χ0v) is 17.1. The molecular weight excluding hydrogens is 292 g/mol. The highest BCUT2D eigenvalue weighted by Crippen LogP contribution is 2.44. The van der Waals surface area contributed by atoms with Crippen LogP contribution < -0.4 is 0 Å². The van der Waals surface area contributed by atoms with Crippen molar-refractivity contribution in [1.82, 2.24) is 0 Å². The first kappa shape index (κ1) is 20.8. The molecule has 0 saturated carbocycles. The summed E-state index contributed by atoms with van der Waals surface area (Å²) in [4.78, 5) is 0. The third-order valence-corrected chi connectivity index (χ3v) is 5.37. The van der Waals surface area contributed by atoms with Crippen molar-refractivity contribution in [3.05, 3.63) is 35.4 Å². The normalized spacial score (nSPS) is 12.5. The van der Waals surface area contributed by atoms with Crippen molar-refractivity contribution in [2.75, 3.05) is 0 Å². The Hall–Kier alpha value is -1.24. The summed E-state index contributed by atoms with van der Waals surface area (Å²) < 4.78 is 0. The molecule has 1 aromatic rings. The van der Waals surface area contributed by atoms with Crippen LogP contribution in [0.4, 0.5) is 0 Å². The van der Waals surface area contributed by atoms with Gasteiger partial charge in [0.05, 0.1) is 0 Å². The van der Waals surface area contributed by atoms with E-state index < -0.39 is 0 Å². The van der Waals surface area contributed by atoms with Gasteiger partial charge in [0, 0.05) is 11.1 Å². The van der Waals surface area contributed by atoms with Gasteiger partial charge in [-0.05, 0) is 48.3 Å². The summed E-state index contributed by atoms with van der Waals surface area (Å²) in [6.07, 6.45) is 6.89. The van der Waals surface area contributed by atoms with Crippen LogP contribution >= 0.6 is 0 Å². The quantitative estimate of drug-likeness (QED) is 0.501. The van der Waals surface area contributed by atoms with Crippen LogP contribution in [0.2, 0.25) is 0 Å². The first-order valence-corrected chi connectivity index (χ1v) is 9.60. The second kappa shape index (κ2) is 8.23. The van der Waals surface area contributed by atoms with Crippen LogP contribution in [0.5, 0.6) is 5.75 Å². The third-order valence-electron chi connectivity index (χ3n) is 5.37.